The zero-order valence-corrected chi connectivity index (χ0v) is 6.33. The zero-order chi connectivity index (χ0) is 7.56. The van der Waals surface area contributed by atoms with Gasteiger partial charge in [0.05, 0.1) is 5.69 Å². The second-order valence-corrected chi connectivity index (χ2v) is 2.37. The molecule has 56 valence electrons. The number of hydrogen-bond donors (Lipinski definition) is 1. The zero-order valence-electron chi connectivity index (χ0n) is 6.33. The van der Waals surface area contributed by atoms with Gasteiger partial charge in [-0.15, -0.1) is 0 Å². The molecule has 10 heavy (non-hydrogen) atoms. The van der Waals surface area contributed by atoms with Crippen LogP contribution in [-0.2, 0) is 13.5 Å². The molecule has 3 nitrogen and oxygen atoms in total. The molecule has 0 amide bonds. The Morgan fingerprint density at radius 2 is 2.40 bits per heavy atom. The maximum absolute atomic E-state index is 8.61. The average Bonchev–Trinajstić information content (AvgIpc) is 2.13. The first kappa shape index (κ1) is 7.28. The molecule has 0 aliphatic rings. The quantitative estimate of drug-likeness (QED) is 0.640. The summed E-state index contributed by atoms with van der Waals surface area (Å²) in [6.45, 7) is 2.14. The van der Waals surface area contributed by atoms with E-state index < -0.39 is 0 Å². The molecule has 0 bridgehead atoms. The van der Waals surface area contributed by atoms with E-state index in [9.17, 15) is 0 Å². The summed E-state index contributed by atoms with van der Waals surface area (Å²) in [6.07, 6.45) is 0.692. The van der Waals surface area contributed by atoms with E-state index in [0.717, 1.165) is 11.4 Å². The highest BCUT2D eigenvalue weighted by atomic mass is 16.3. The molecule has 1 aromatic heterocycles. The fourth-order valence-electron chi connectivity index (χ4n) is 1.01. The lowest BCUT2D eigenvalue weighted by Gasteiger charge is -1.95. The number of rotatable bonds is 2. The first-order valence-electron chi connectivity index (χ1n) is 3.34. The minimum atomic E-state index is 0.193. The van der Waals surface area contributed by atoms with Crippen molar-refractivity contribution in [3.05, 3.63) is 17.5 Å². The normalized spacial score (nSPS) is 10.3. The van der Waals surface area contributed by atoms with Crippen molar-refractivity contribution in [1.29, 1.82) is 0 Å². The number of nitrogens with zero attached hydrogens (tertiary/aromatic N) is 2. The molecule has 0 fully saturated rings. The monoisotopic (exact) mass is 140 g/mol. The van der Waals surface area contributed by atoms with Crippen molar-refractivity contribution >= 4 is 0 Å². The van der Waals surface area contributed by atoms with Gasteiger partial charge in [0.1, 0.15) is 0 Å². The Morgan fingerprint density at radius 1 is 1.70 bits per heavy atom. The smallest absolute Gasteiger partial charge is 0.0596 e. The lowest BCUT2D eigenvalue weighted by molar-refractivity contribution is 0.296. The van der Waals surface area contributed by atoms with Crippen LogP contribution in [0.15, 0.2) is 6.07 Å². The van der Waals surface area contributed by atoms with E-state index in [2.05, 4.69) is 5.10 Å². The Kier molecular flexibility index (Phi) is 2.06. The Hall–Kier alpha value is -0.830. The van der Waals surface area contributed by atoms with E-state index in [0.29, 0.717) is 6.42 Å². The minimum absolute atomic E-state index is 0.193. The van der Waals surface area contributed by atoms with Crippen molar-refractivity contribution in [2.24, 2.45) is 7.05 Å². The van der Waals surface area contributed by atoms with Gasteiger partial charge in [-0.2, -0.15) is 5.10 Å². The van der Waals surface area contributed by atoms with E-state index in [-0.39, 0.29) is 6.61 Å². The highest BCUT2D eigenvalue weighted by Gasteiger charge is 1.98. The van der Waals surface area contributed by atoms with Gasteiger partial charge in [-0.1, -0.05) is 0 Å². The van der Waals surface area contributed by atoms with Gasteiger partial charge in [0.2, 0.25) is 0 Å². The molecular weight excluding hydrogens is 128 g/mol. The summed E-state index contributed by atoms with van der Waals surface area (Å²) >= 11 is 0. The Balaban J connectivity index is 2.81. The molecule has 0 radical (unpaired) electrons. The molecule has 1 aromatic rings. The number of aliphatic hydroxyl groups is 1. The summed E-state index contributed by atoms with van der Waals surface area (Å²) in [5, 5.41) is 12.7. The van der Waals surface area contributed by atoms with Crippen LogP contribution in [0.4, 0.5) is 0 Å². The van der Waals surface area contributed by atoms with Gasteiger partial charge in [0, 0.05) is 25.8 Å². The van der Waals surface area contributed by atoms with Crippen LogP contribution < -0.4 is 0 Å². The van der Waals surface area contributed by atoms with E-state index in [4.69, 9.17) is 5.11 Å². The number of hydrogen-bond acceptors (Lipinski definition) is 2. The van der Waals surface area contributed by atoms with Crippen LogP contribution in [0, 0.1) is 6.92 Å². The largest absolute Gasteiger partial charge is 0.396 e. The maximum Gasteiger partial charge on any atom is 0.0596 e. The highest BCUT2D eigenvalue weighted by Crippen LogP contribution is 2.01. The molecule has 0 spiro atoms. The lowest BCUT2D eigenvalue weighted by Crippen LogP contribution is -2.00. The van der Waals surface area contributed by atoms with Gasteiger partial charge in [0.25, 0.3) is 0 Å². The SMILES string of the molecule is Cc1cc(CCO)n(C)n1. The fraction of sp³-hybridized carbons (Fsp3) is 0.571. The number of aliphatic hydroxyl groups excluding tert-OH is 1. The van der Waals surface area contributed by atoms with Crippen LogP contribution in [0.25, 0.3) is 0 Å². The van der Waals surface area contributed by atoms with Crippen molar-refractivity contribution in [2.45, 2.75) is 13.3 Å². The molecule has 1 N–H and O–H groups in total. The van der Waals surface area contributed by atoms with Crippen molar-refractivity contribution in [3.63, 3.8) is 0 Å². The van der Waals surface area contributed by atoms with Gasteiger partial charge in [-0.3, -0.25) is 4.68 Å². The molecule has 0 aliphatic carbocycles. The van der Waals surface area contributed by atoms with Crippen LogP contribution in [0.2, 0.25) is 0 Å². The van der Waals surface area contributed by atoms with Crippen LogP contribution in [-0.4, -0.2) is 21.5 Å². The second-order valence-electron chi connectivity index (χ2n) is 2.37. The Morgan fingerprint density at radius 3 is 2.80 bits per heavy atom. The van der Waals surface area contributed by atoms with E-state index in [1.807, 2.05) is 20.0 Å². The van der Waals surface area contributed by atoms with Crippen molar-refractivity contribution in [2.75, 3.05) is 6.61 Å². The molecular formula is C7H12N2O. The second kappa shape index (κ2) is 2.84. The standard InChI is InChI=1S/C7H12N2O/c1-6-5-7(3-4-10)9(2)8-6/h5,10H,3-4H2,1-2H3. The third kappa shape index (κ3) is 1.36. The molecule has 0 saturated heterocycles. The van der Waals surface area contributed by atoms with Gasteiger partial charge < -0.3 is 5.11 Å². The third-order valence-electron chi connectivity index (χ3n) is 1.47. The summed E-state index contributed by atoms with van der Waals surface area (Å²) in [5.41, 5.74) is 2.09. The summed E-state index contributed by atoms with van der Waals surface area (Å²) in [6, 6.07) is 1.98. The molecule has 0 aromatic carbocycles. The predicted octanol–water partition coefficient (Wildman–Crippen LogP) is 0.263. The summed E-state index contributed by atoms with van der Waals surface area (Å²) in [5.74, 6) is 0. The molecule has 3 heteroatoms. The van der Waals surface area contributed by atoms with Gasteiger partial charge >= 0.3 is 0 Å². The first-order valence-corrected chi connectivity index (χ1v) is 3.34. The van der Waals surface area contributed by atoms with Crippen molar-refractivity contribution in [1.82, 2.24) is 9.78 Å². The fourth-order valence-corrected chi connectivity index (χ4v) is 1.01. The van der Waals surface area contributed by atoms with E-state index in [1.54, 1.807) is 4.68 Å². The number of aryl methyl sites for hydroxylation is 2. The lowest BCUT2D eigenvalue weighted by atomic mass is 10.3. The summed E-state index contributed by atoms with van der Waals surface area (Å²) in [4.78, 5) is 0. The van der Waals surface area contributed by atoms with Gasteiger partial charge in [0.15, 0.2) is 0 Å². The van der Waals surface area contributed by atoms with Crippen LogP contribution in [0.1, 0.15) is 11.4 Å². The van der Waals surface area contributed by atoms with Crippen LogP contribution >= 0.6 is 0 Å². The van der Waals surface area contributed by atoms with Crippen molar-refractivity contribution in [3.8, 4) is 0 Å². The Labute approximate surface area is 60.3 Å². The summed E-state index contributed by atoms with van der Waals surface area (Å²) < 4.78 is 1.80. The minimum Gasteiger partial charge on any atom is -0.396 e. The van der Waals surface area contributed by atoms with Crippen LogP contribution in [0.5, 0.6) is 0 Å². The molecule has 0 atom stereocenters. The topological polar surface area (TPSA) is 38.0 Å². The first-order chi connectivity index (χ1) is 4.74. The summed E-state index contributed by atoms with van der Waals surface area (Å²) in [7, 11) is 1.89. The molecule has 1 heterocycles. The maximum atomic E-state index is 8.61. The molecule has 0 saturated carbocycles. The third-order valence-corrected chi connectivity index (χ3v) is 1.47. The molecule has 0 unspecified atom stereocenters. The van der Waals surface area contributed by atoms with Gasteiger partial charge in [-0.05, 0) is 13.0 Å². The van der Waals surface area contributed by atoms with E-state index in [1.165, 1.54) is 0 Å². The van der Waals surface area contributed by atoms with Gasteiger partial charge in [-0.25, -0.2) is 0 Å². The predicted molar refractivity (Wildman–Crippen MR) is 38.7 cm³/mol. The number of aromatic nitrogens is 2. The molecule has 1 rings (SSSR count). The van der Waals surface area contributed by atoms with Crippen LogP contribution in [0.3, 0.4) is 0 Å². The molecule has 0 aliphatic heterocycles. The Bertz CT molecular complexity index is 217. The van der Waals surface area contributed by atoms with Crippen molar-refractivity contribution < 1.29 is 5.11 Å². The average molecular weight is 140 g/mol. The highest BCUT2D eigenvalue weighted by molar-refractivity contribution is 5.08. The van der Waals surface area contributed by atoms with E-state index >= 15 is 0 Å².